The number of methoxy groups -OCH3 is 1. The highest BCUT2D eigenvalue weighted by molar-refractivity contribution is 8.01. The number of benzene rings is 2. The van der Waals surface area contributed by atoms with Gasteiger partial charge >= 0.3 is 0 Å². The minimum atomic E-state index is 0.634. The summed E-state index contributed by atoms with van der Waals surface area (Å²) in [5.74, 6) is 2.55. The highest BCUT2D eigenvalue weighted by Gasteiger charge is 2.05. The first-order chi connectivity index (χ1) is 12.2. The lowest BCUT2D eigenvalue weighted by Crippen LogP contribution is -1.99. The molecule has 1 aromatic heterocycles. The Morgan fingerprint density at radius 2 is 1.92 bits per heavy atom. The lowest BCUT2D eigenvalue weighted by Gasteiger charge is -2.05. The van der Waals surface area contributed by atoms with E-state index in [9.17, 15) is 0 Å². The molecular weight excluding hydrogens is 354 g/mol. The Balaban J connectivity index is 1.45. The van der Waals surface area contributed by atoms with Crippen molar-refractivity contribution in [2.45, 2.75) is 11.3 Å². The normalized spacial score (nSPS) is 10.5. The smallest absolute Gasteiger partial charge is 0.210 e. The van der Waals surface area contributed by atoms with Crippen molar-refractivity contribution in [3.63, 3.8) is 0 Å². The average molecular weight is 374 g/mol. The maximum atomic E-state index is 5.74. The number of ether oxygens (including phenoxy) is 2. The number of thioether (sulfide) groups is 1. The third kappa shape index (κ3) is 5.37. The zero-order chi connectivity index (χ0) is 17.5. The van der Waals surface area contributed by atoms with Gasteiger partial charge in [-0.15, -0.1) is 10.2 Å². The van der Waals surface area contributed by atoms with Gasteiger partial charge < -0.3 is 14.8 Å². The molecule has 0 amide bonds. The van der Waals surface area contributed by atoms with Gasteiger partial charge in [0, 0.05) is 11.4 Å². The van der Waals surface area contributed by atoms with Crippen LogP contribution in [0.3, 0.4) is 0 Å². The van der Waals surface area contributed by atoms with Crippen molar-refractivity contribution in [1.29, 1.82) is 0 Å². The van der Waals surface area contributed by atoms with Gasteiger partial charge in [-0.3, -0.25) is 0 Å². The van der Waals surface area contributed by atoms with Gasteiger partial charge in [0.05, 0.1) is 13.7 Å². The van der Waals surface area contributed by atoms with Crippen LogP contribution >= 0.6 is 23.1 Å². The van der Waals surface area contributed by atoms with Crippen molar-refractivity contribution in [1.82, 2.24) is 10.2 Å². The van der Waals surface area contributed by atoms with Crippen LogP contribution < -0.4 is 14.8 Å². The zero-order valence-electron chi connectivity index (χ0n) is 14.1. The van der Waals surface area contributed by atoms with E-state index in [1.807, 2.05) is 42.5 Å². The third-order valence-corrected chi connectivity index (χ3v) is 5.25. The summed E-state index contributed by atoms with van der Waals surface area (Å²) < 4.78 is 11.8. The summed E-state index contributed by atoms with van der Waals surface area (Å²) in [7, 11) is 1.65. The molecule has 0 spiro atoms. The summed E-state index contributed by atoms with van der Waals surface area (Å²) in [5, 5.41) is 12.4. The molecule has 0 radical (unpaired) electrons. The van der Waals surface area contributed by atoms with Gasteiger partial charge in [0.25, 0.3) is 0 Å². The van der Waals surface area contributed by atoms with E-state index < -0.39 is 0 Å². The monoisotopic (exact) mass is 373 g/mol. The molecule has 0 bridgehead atoms. The van der Waals surface area contributed by atoms with Crippen molar-refractivity contribution in [3.8, 4) is 11.5 Å². The predicted molar refractivity (Wildman–Crippen MR) is 104 cm³/mol. The minimum absolute atomic E-state index is 0.634. The van der Waals surface area contributed by atoms with Gasteiger partial charge in [-0.25, -0.2) is 0 Å². The molecule has 3 aromatic rings. The van der Waals surface area contributed by atoms with Gasteiger partial charge in [-0.2, -0.15) is 0 Å². The lowest BCUT2D eigenvalue weighted by atomic mass is 10.2. The van der Waals surface area contributed by atoms with Crippen LogP contribution in [0.5, 0.6) is 11.5 Å². The number of aryl methyl sites for hydroxylation is 1. The van der Waals surface area contributed by atoms with Crippen LogP contribution in [-0.2, 0) is 0 Å². The fourth-order valence-electron chi connectivity index (χ4n) is 2.11. The summed E-state index contributed by atoms with van der Waals surface area (Å²) in [6, 6.07) is 15.8. The quantitative estimate of drug-likeness (QED) is 0.453. The van der Waals surface area contributed by atoms with E-state index in [1.54, 1.807) is 18.9 Å². The Morgan fingerprint density at radius 1 is 1.08 bits per heavy atom. The maximum absolute atomic E-state index is 5.74. The second kappa shape index (κ2) is 8.73. The Kier molecular flexibility index (Phi) is 6.14. The molecular formula is C18H19N3O2S2. The molecule has 2 aromatic carbocycles. The van der Waals surface area contributed by atoms with Gasteiger partial charge in [-0.1, -0.05) is 35.2 Å². The first-order valence-electron chi connectivity index (χ1n) is 7.80. The van der Waals surface area contributed by atoms with Gasteiger partial charge in [0.2, 0.25) is 5.13 Å². The van der Waals surface area contributed by atoms with Gasteiger partial charge in [0.15, 0.2) is 4.34 Å². The standard InChI is InChI=1S/C18H19N3O2S2/c1-13-4-3-5-16(12-13)23-10-11-24-18-21-20-17(25-18)19-14-6-8-15(22-2)9-7-14/h3-9,12H,10-11H2,1-2H3,(H,19,20). The second-order valence-electron chi connectivity index (χ2n) is 5.24. The Labute approximate surface area is 155 Å². The third-order valence-electron chi connectivity index (χ3n) is 3.31. The highest BCUT2D eigenvalue weighted by Crippen LogP contribution is 2.28. The summed E-state index contributed by atoms with van der Waals surface area (Å²) in [4.78, 5) is 0. The minimum Gasteiger partial charge on any atom is -0.497 e. The molecule has 1 heterocycles. The molecule has 0 saturated carbocycles. The molecule has 0 aliphatic rings. The van der Waals surface area contributed by atoms with Crippen LogP contribution in [0.2, 0.25) is 0 Å². The molecule has 0 unspecified atom stereocenters. The molecule has 3 rings (SSSR count). The molecule has 0 saturated heterocycles. The number of rotatable bonds is 8. The van der Waals surface area contributed by atoms with Crippen LogP contribution in [0.15, 0.2) is 52.9 Å². The van der Waals surface area contributed by atoms with E-state index in [0.717, 1.165) is 32.4 Å². The van der Waals surface area contributed by atoms with Crippen molar-refractivity contribution in [3.05, 3.63) is 54.1 Å². The molecule has 130 valence electrons. The van der Waals surface area contributed by atoms with Crippen molar-refractivity contribution < 1.29 is 9.47 Å². The Hall–Kier alpha value is -2.25. The predicted octanol–water partition coefficient (Wildman–Crippen LogP) is 4.77. The van der Waals surface area contributed by atoms with E-state index in [1.165, 1.54) is 16.9 Å². The van der Waals surface area contributed by atoms with Crippen LogP contribution in [0.25, 0.3) is 0 Å². The number of nitrogens with one attached hydrogen (secondary N) is 1. The van der Waals surface area contributed by atoms with Crippen molar-refractivity contribution in [2.24, 2.45) is 0 Å². The summed E-state index contributed by atoms with van der Waals surface area (Å²) >= 11 is 3.17. The lowest BCUT2D eigenvalue weighted by molar-refractivity contribution is 0.343. The summed E-state index contributed by atoms with van der Waals surface area (Å²) in [6.45, 7) is 2.69. The number of anilines is 2. The van der Waals surface area contributed by atoms with E-state index >= 15 is 0 Å². The van der Waals surface area contributed by atoms with E-state index in [4.69, 9.17) is 9.47 Å². The van der Waals surface area contributed by atoms with Crippen LogP contribution in [0.1, 0.15) is 5.56 Å². The van der Waals surface area contributed by atoms with Crippen molar-refractivity contribution in [2.75, 3.05) is 24.8 Å². The van der Waals surface area contributed by atoms with Gasteiger partial charge in [0.1, 0.15) is 11.5 Å². The second-order valence-corrected chi connectivity index (χ2v) is 7.56. The van der Waals surface area contributed by atoms with Crippen molar-refractivity contribution >= 4 is 33.9 Å². The molecule has 0 aliphatic heterocycles. The molecule has 0 fully saturated rings. The SMILES string of the molecule is COc1ccc(Nc2nnc(SCCOc3cccc(C)c3)s2)cc1. The van der Waals surface area contributed by atoms with E-state index in [2.05, 4.69) is 28.5 Å². The highest BCUT2D eigenvalue weighted by atomic mass is 32.2. The largest absolute Gasteiger partial charge is 0.497 e. The fourth-order valence-corrected chi connectivity index (χ4v) is 3.77. The topological polar surface area (TPSA) is 56.3 Å². The summed E-state index contributed by atoms with van der Waals surface area (Å²) in [5.41, 5.74) is 2.15. The van der Waals surface area contributed by atoms with Crippen LogP contribution in [-0.4, -0.2) is 29.7 Å². The zero-order valence-corrected chi connectivity index (χ0v) is 15.7. The molecule has 0 aliphatic carbocycles. The number of hydrogen-bond acceptors (Lipinski definition) is 7. The first-order valence-corrected chi connectivity index (χ1v) is 9.60. The number of aromatic nitrogens is 2. The Morgan fingerprint density at radius 3 is 2.68 bits per heavy atom. The molecule has 5 nitrogen and oxygen atoms in total. The Bertz CT molecular complexity index is 806. The molecule has 7 heteroatoms. The average Bonchev–Trinajstić information content (AvgIpc) is 3.07. The molecule has 25 heavy (non-hydrogen) atoms. The van der Waals surface area contributed by atoms with E-state index in [-0.39, 0.29) is 0 Å². The van der Waals surface area contributed by atoms with Gasteiger partial charge in [-0.05, 0) is 48.9 Å². The van der Waals surface area contributed by atoms with Crippen LogP contribution in [0, 0.1) is 6.92 Å². The van der Waals surface area contributed by atoms with Crippen LogP contribution in [0.4, 0.5) is 10.8 Å². The molecule has 1 N–H and O–H groups in total. The van der Waals surface area contributed by atoms with E-state index in [0.29, 0.717) is 6.61 Å². The number of hydrogen-bond donors (Lipinski definition) is 1. The maximum Gasteiger partial charge on any atom is 0.210 e. The number of nitrogens with zero attached hydrogens (tertiary/aromatic N) is 2. The molecule has 0 atom stereocenters. The fraction of sp³-hybridized carbons (Fsp3) is 0.222. The first kappa shape index (κ1) is 17.6. The summed E-state index contributed by atoms with van der Waals surface area (Å²) in [6.07, 6.45) is 0.